The molecule has 0 unspecified atom stereocenters. The van der Waals surface area contributed by atoms with Gasteiger partial charge in [0.05, 0.1) is 0 Å². The van der Waals surface area contributed by atoms with Gasteiger partial charge < -0.3 is 15.4 Å². The van der Waals surface area contributed by atoms with Gasteiger partial charge in [-0.05, 0) is 29.7 Å². The number of para-hydroxylation sites is 1. The molecule has 0 aliphatic carbocycles. The molecule has 3 N–H and O–H groups in total. The lowest BCUT2D eigenvalue weighted by atomic mass is 9.80. The summed E-state index contributed by atoms with van der Waals surface area (Å²) in [5, 5.41) is 20.6. The first-order chi connectivity index (χ1) is 8.66. The third-order valence-electron chi connectivity index (χ3n) is 2.50. The van der Waals surface area contributed by atoms with Gasteiger partial charge >= 0.3 is 7.12 Å². The Labute approximate surface area is 107 Å². The van der Waals surface area contributed by atoms with Crippen LogP contribution in [-0.2, 0) is 0 Å². The van der Waals surface area contributed by atoms with Crippen molar-refractivity contribution in [1.29, 1.82) is 0 Å². The van der Waals surface area contributed by atoms with Crippen LogP contribution in [0.5, 0.6) is 0 Å². The molecule has 1 amide bonds. The van der Waals surface area contributed by atoms with Crippen LogP contribution in [0.2, 0.25) is 0 Å². The Morgan fingerprint density at radius 1 is 1.00 bits per heavy atom. The van der Waals surface area contributed by atoms with E-state index in [2.05, 4.69) is 5.32 Å². The van der Waals surface area contributed by atoms with E-state index < -0.39 is 7.12 Å². The smallest absolute Gasteiger partial charge is 0.423 e. The summed E-state index contributed by atoms with van der Waals surface area (Å²) in [7, 11) is -1.52. The maximum atomic E-state index is 11.9. The zero-order chi connectivity index (χ0) is 13.0. The van der Waals surface area contributed by atoms with E-state index in [-0.39, 0.29) is 7.33 Å². The number of hydrogen-bond donors (Lipinski definition) is 3. The first-order valence-corrected chi connectivity index (χ1v) is 5.49. The molecular formula is C13H14BNO3. The molecule has 0 aliphatic heterocycles. The monoisotopic (exact) mass is 243 g/mol. The van der Waals surface area contributed by atoms with Gasteiger partial charge in [0.15, 0.2) is 0 Å². The normalized spacial score (nSPS) is 9.89. The van der Waals surface area contributed by atoms with Crippen LogP contribution in [0.15, 0.2) is 54.6 Å². The molecule has 2 rings (SSSR count). The van der Waals surface area contributed by atoms with E-state index in [1.807, 2.05) is 18.2 Å². The van der Waals surface area contributed by atoms with Crippen molar-refractivity contribution in [3.63, 3.8) is 0 Å². The molecule has 0 fully saturated rings. The van der Waals surface area contributed by atoms with Crippen LogP contribution < -0.4 is 10.8 Å². The standard InChI is InChI=1S/C13H12BNO3.H2/c16-13(15-12-4-2-1-3-5-12)10-6-8-11(9-7-10)14(17)18;/h1-9,17-18H,(H,15,16);1H. The molecule has 0 aromatic heterocycles. The molecule has 0 bridgehead atoms. The van der Waals surface area contributed by atoms with Crippen molar-refractivity contribution in [3.05, 3.63) is 60.2 Å². The summed E-state index contributed by atoms with van der Waals surface area (Å²) >= 11 is 0. The Hall–Kier alpha value is -2.11. The van der Waals surface area contributed by atoms with Crippen LogP contribution in [0, 0.1) is 0 Å². The molecule has 0 saturated heterocycles. The van der Waals surface area contributed by atoms with Gasteiger partial charge in [-0.15, -0.1) is 0 Å². The molecule has 2 aromatic rings. The number of carbonyl (C=O) groups excluding carboxylic acids is 1. The van der Waals surface area contributed by atoms with E-state index in [0.29, 0.717) is 16.7 Å². The van der Waals surface area contributed by atoms with Crippen molar-refractivity contribution in [2.45, 2.75) is 0 Å². The van der Waals surface area contributed by atoms with Gasteiger partial charge in [0.25, 0.3) is 5.91 Å². The first-order valence-electron chi connectivity index (χ1n) is 5.49. The quantitative estimate of drug-likeness (QED) is 0.700. The highest BCUT2D eigenvalue weighted by molar-refractivity contribution is 6.58. The first kappa shape index (κ1) is 12.4. The molecule has 5 heteroatoms. The van der Waals surface area contributed by atoms with Crippen molar-refractivity contribution < 1.29 is 16.3 Å². The molecule has 0 spiro atoms. The number of amides is 1. The van der Waals surface area contributed by atoms with E-state index in [1.54, 1.807) is 24.3 Å². The van der Waals surface area contributed by atoms with E-state index in [1.165, 1.54) is 12.1 Å². The molecule has 0 heterocycles. The molecule has 0 saturated carbocycles. The average molecular weight is 243 g/mol. The third kappa shape index (κ3) is 2.97. The van der Waals surface area contributed by atoms with Crippen LogP contribution >= 0.6 is 0 Å². The molecule has 2 aromatic carbocycles. The minimum Gasteiger partial charge on any atom is -0.423 e. The fraction of sp³-hybridized carbons (Fsp3) is 0. The minimum absolute atomic E-state index is 0. The Morgan fingerprint density at radius 3 is 2.17 bits per heavy atom. The second-order valence-electron chi connectivity index (χ2n) is 3.82. The van der Waals surface area contributed by atoms with Gasteiger partial charge in [0.2, 0.25) is 0 Å². The Bertz CT molecular complexity index is 531. The van der Waals surface area contributed by atoms with Crippen molar-refractivity contribution in [3.8, 4) is 0 Å². The SMILES string of the molecule is O=C(Nc1ccccc1)c1ccc(B(O)O)cc1.[HH]. The number of hydrogen-bond acceptors (Lipinski definition) is 3. The fourth-order valence-electron chi connectivity index (χ4n) is 1.53. The lowest BCUT2D eigenvalue weighted by Crippen LogP contribution is -2.29. The summed E-state index contributed by atoms with van der Waals surface area (Å²) in [6.45, 7) is 0. The number of rotatable bonds is 3. The van der Waals surface area contributed by atoms with E-state index in [4.69, 9.17) is 10.0 Å². The van der Waals surface area contributed by atoms with Crippen LogP contribution in [-0.4, -0.2) is 23.1 Å². The number of nitrogens with one attached hydrogen (secondary N) is 1. The second kappa shape index (κ2) is 5.49. The second-order valence-corrected chi connectivity index (χ2v) is 3.82. The third-order valence-corrected chi connectivity index (χ3v) is 2.50. The summed E-state index contributed by atoms with van der Waals surface area (Å²) in [4.78, 5) is 11.9. The lowest BCUT2D eigenvalue weighted by molar-refractivity contribution is 0.102. The average Bonchev–Trinajstić information content (AvgIpc) is 2.40. The zero-order valence-corrected chi connectivity index (χ0v) is 9.58. The van der Waals surface area contributed by atoms with Crippen molar-refractivity contribution in [2.75, 3.05) is 5.32 Å². The van der Waals surface area contributed by atoms with Gasteiger partial charge in [-0.2, -0.15) is 0 Å². The maximum absolute atomic E-state index is 11.9. The Balaban J connectivity index is 0.00000180. The predicted molar refractivity (Wildman–Crippen MR) is 72.8 cm³/mol. The van der Waals surface area contributed by atoms with Crippen LogP contribution in [0.4, 0.5) is 5.69 Å². The summed E-state index contributed by atoms with van der Waals surface area (Å²) < 4.78 is 0. The lowest BCUT2D eigenvalue weighted by Gasteiger charge is -2.05. The largest absolute Gasteiger partial charge is 0.488 e. The van der Waals surface area contributed by atoms with Crippen LogP contribution in [0.3, 0.4) is 0 Å². The van der Waals surface area contributed by atoms with Gasteiger partial charge in [0.1, 0.15) is 0 Å². The van der Waals surface area contributed by atoms with Crippen molar-refractivity contribution >= 4 is 24.2 Å². The fourth-order valence-corrected chi connectivity index (χ4v) is 1.53. The van der Waals surface area contributed by atoms with Gasteiger partial charge in [-0.1, -0.05) is 30.3 Å². The number of carbonyl (C=O) groups is 1. The minimum atomic E-state index is -1.52. The molecule has 92 valence electrons. The predicted octanol–water partition coefficient (Wildman–Crippen LogP) is 0.865. The van der Waals surface area contributed by atoms with Gasteiger partial charge in [-0.25, -0.2) is 0 Å². The zero-order valence-electron chi connectivity index (χ0n) is 9.58. The molecule has 0 aliphatic rings. The maximum Gasteiger partial charge on any atom is 0.488 e. The van der Waals surface area contributed by atoms with E-state index >= 15 is 0 Å². The molecular weight excluding hydrogens is 229 g/mol. The summed E-state index contributed by atoms with van der Waals surface area (Å²) in [6, 6.07) is 15.2. The molecule has 4 nitrogen and oxygen atoms in total. The number of benzene rings is 2. The number of anilines is 1. The van der Waals surface area contributed by atoms with Crippen LogP contribution in [0.1, 0.15) is 11.8 Å². The van der Waals surface area contributed by atoms with Crippen molar-refractivity contribution in [1.82, 2.24) is 0 Å². The highest BCUT2D eigenvalue weighted by Gasteiger charge is 2.11. The van der Waals surface area contributed by atoms with Crippen LogP contribution in [0.25, 0.3) is 0 Å². The highest BCUT2D eigenvalue weighted by Crippen LogP contribution is 2.07. The Morgan fingerprint density at radius 2 is 1.61 bits per heavy atom. The van der Waals surface area contributed by atoms with Gasteiger partial charge in [-0.3, -0.25) is 4.79 Å². The summed E-state index contributed by atoms with van der Waals surface area (Å²) in [6.07, 6.45) is 0. The van der Waals surface area contributed by atoms with E-state index in [0.717, 1.165) is 0 Å². The summed E-state index contributed by atoms with van der Waals surface area (Å²) in [5.74, 6) is -0.236. The summed E-state index contributed by atoms with van der Waals surface area (Å²) in [5.41, 5.74) is 1.53. The molecule has 0 radical (unpaired) electrons. The topological polar surface area (TPSA) is 69.6 Å². The molecule has 0 atom stereocenters. The Kier molecular flexibility index (Phi) is 3.77. The van der Waals surface area contributed by atoms with E-state index in [9.17, 15) is 4.79 Å². The van der Waals surface area contributed by atoms with Gasteiger partial charge in [0, 0.05) is 12.7 Å². The highest BCUT2D eigenvalue weighted by atomic mass is 16.4. The van der Waals surface area contributed by atoms with Crippen molar-refractivity contribution in [2.24, 2.45) is 0 Å². The molecule has 18 heavy (non-hydrogen) atoms.